The van der Waals surface area contributed by atoms with Crippen LogP contribution in [0.25, 0.3) is 5.69 Å². The van der Waals surface area contributed by atoms with Crippen LogP contribution in [0.1, 0.15) is 64.0 Å². The number of halogens is 2. The minimum Gasteiger partial charge on any atom is -0.333 e. The van der Waals surface area contributed by atoms with Gasteiger partial charge >= 0.3 is 0 Å². The van der Waals surface area contributed by atoms with E-state index in [1.54, 1.807) is 4.68 Å². The van der Waals surface area contributed by atoms with Gasteiger partial charge in [0.2, 0.25) is 0 Å². The summed E-state index contributed by atoms with van der Waals surface area (Å²) in [6, 6.07) is 11.7. The third-order valence-electron chi connectivity index (χ3n) is 6.95. The average molecular weight is 405 g/mol. The van der Waals surface area contributed by atoms with Crippen molar-refractivity contribution in [3.63, 3.8) is 0 Å². The van der Waals surface area contributed by atoms with Crippen LogP contribution >= 0.6 is 0 Å². The van der Waals surface area contributed by atoms with Gasteiger partial charge in [-0.1, -0.05) is 24.3 Å². The summed E-state index contributed by atoms with van der Waals surface area (Å²) in [5.74, 6) is -0.780. The summed E-state index contributed by atoms with van der Waals surface area (Å²) >= 11 is 0. The lowest BCUT2D eigenvalue weighted by Crippen LogP contribution is -2.36. The SMILES string of the molecule is O=C(c1nn(-c2ccc(F)cc2F)c2c1C1CCC2C1)N1CCc2ccccc2C1. The summed E-state index contributed by atoms with van der Waals surface area (Å²) in [4.78, 5) is 15.4. The molecule has 1 aliphatic heterocycles. The van der Waals surface area contributed by atoms with Crippen molar-refractivity contribution in [2.45, 2.75) is 44.1 Å². The maximum atomic E-state index is 14.6. The molecule has 1 fully saturated rings. The molecule has 6 rings (SSSR count). The first-order valence-electron chi connectivity index (χ1n) is 10.5. The molecule has 2 aromatic carbocycles. The van der Waals surface area contributed by atoms with Crippen molar-refractivity contribution in [2.24, 2.45) is 0 Å². The van der Waals surface area contributed by atoms with Gasteiger partial charge in [-0.3, -0.25) is 4.79 Å². The number of hydrogen-bond acceptors (Lipinski definition) is 2. The molecule has 2 heterocycles. The van der Waals surface area contributed by atoms with Gasteiger partial charge in [0.05, 0.1) is 5.69 Å². The Hall–Kier alpha value is -3.02. The molecule has 1 saturated carbocycles. The van der Waals surface area contributed by atoms with E-state index in [1.807, 2.05) is 17.0 Å². The van der Waals surface area contributed by atoms with Gasteiger partial charge in [0.15, 0.2) is 11.5 Å². The molecule has 2 atom stereocenters. The van der Waals surface area contributed by atoms with Gasteiger partial charge in [0, 0.05) is 30.6 Å². The lowest BCUT2D eigenvalue weighted by molar-refractivity contribution is 0.0726. The number of aromatic nitrogens is 2. The first-order chi connectivity index (χ1) is 14.6. The third-order valence-corrected chi connectivity index (χ3v) is 6.95. The minimum absolute atomic E-state index is 0.0884. The van der Waals surface area contributed by atoms with Crippen LogP contribution in [0.3, 0.4) is 0 Å². The van der Waals surface area contributed by atoms with Gasteiger partial charge in [-0.15, -0.1) is 0 Å². The maximum absolute atomic E-state index is 14.6. The third kappa shape index (κ3) is 2.56. The van der Waals surface area contributed by atoms with E-state index in [-0.39, 0.29) is 17.5 Å². The lowest BCUT2D eigenvalue weighted by atomic mass is 9.94. The summed E-state index contributed by atoms with van der Waals surface area (Å²) in [7, 11) is 0. The largest absolute Gasteiger partial charge is 0.333 e. The normalized spacial score (nSPS) is 21.6. The van der Waals surface area contributed by atoms with E-state index in [0.717, 1.165) is 43.0 Å². The molecule has 1 aromatic heterocycles. The van der Waals surface area contributed by atoms with Crippen LogP contribution in [0.15, 0.2) is 42.5 Å². The number of nitrogens with zero attached hydrogens (tertiary/aromatic N) is 3. The van der Waals surface area contributed by atoms with Crippen molar-refractivity contribution < 1.29 is 13.6 Å². The zero-order valence-corrected chi connectivity index (χ0v) is 16.4. The van der Waals surface area contributed by atoms with Crippen LogP contribution < -0.4 is 0 Å². The van der Waals surface area contributed by atoms with Crippen LogP contribution in [0.4, 0.5) is 8.78 Å². The van der Waals surface area contributed by atoms with Crippen LogP contribution in [-0.4, -0.2) is 27.1 Å². The topological polar surface area (TPSA) is 38.1 Å². The molecule has 0 radical (unpaired) electrons. The average Bonchev–Trinajstić information content (AvgIpc) is 3.46. The molecular weight excluding hydrogens is 384 g/mol. The highest BCUT2D eigenvalue weighted by Gasteiger charge is 2.45. The summed E-state index contributed by atoms with van der Waals surface area (Å²) in [6.45, 7) is 1.21. The monoisotopic (exact) mass is 405 g/mol. The summed E-state index contributed by atoms with van der Waals surface area (Å²) in [6.07, 6.45) is 3.87. The highest BCUT2D eigenvalue weighted by Crippen LogP contribution is 2.54. The van der Waals surface area contributed by atoms with E-state index < -0.39 is 11.6 Å². The molecule has 2 bridgehead atoms. The predicted molar refractivity (Wildman–Crippen MR) is 108 cm³/mol. The molecule has 152 valence electrons. The van der Waals surface area contributed by atoms with Gasteiger partial charge in [-0.05, 0) is 54.9 Å². The Balaban J connectivity index is 1.43. The number of carbonyl (C=O) groups is 1. The van der Waals surface area contributed by atoms with E-state index in [9.17, 15) is 13.6 Å². The summed E-state index contributed by atoms with van der Waals surface area (Å²) in [5, 5.41) is 4.63. The second-order valence-corrected chi connectivity index (χ2v) is 8.61. The smallest absolute Gasteiger partial charge is 0.274 e. The Morgan fingerprint density at radius 2 is 1.83 bits per heavy atom. The Morgan fingerprint density at radius 3 is 2.67 bits per heavy atom. The molecular formula is C24H21F2N3O. The van der Waals surface area contributed by atoms with E-state index in [1.165, 1.54) is 23.3 Å². The van der Waals surface area contributed by atoms with Gasteiger partial charge in [0.25, 0.3) is 5.91 Å². The van der Waals surface area contributed by atoms with Crippen LogP contribution in [-0.2, 0) is 13.0 Å². The number of amides is 1. The van der Waals surface area contributed by atoms with E-state index in [4.69, 9.17) is 0 Å². The first kappa shape index (κ1) is 17.8. The Kier molecular flexibility index (Phi) is 3.85. The molecule has 2 unspecified atom stereocenters. The zero-order valence-electron chi connectivity index (χ0n) is 16.4. The Bertz CT molecular complexity index is 1190. The number of carbonyl (C=O) groups excluding carboxylic acids is 1. The van der Waals surface area contributed by atoms with E-state index >= 15 is 0 Å². The standard InChI is InChI=1S/C24H21F2N3O/c25-18-7-8-20(19(26)12-18)29-23-16-6-5-15(11-16)21(23)22(27-29)24(30)28-10-9-14-3-1-2-4-17(14)13-28/h1-4,7-8,12,15-16H,5-6,9-11,13H2. The van der Waals surface area contributed by atoms with Crippen molar-refractivity contribution >= 4 is 5.91 Å². The number of rotatable bonds is 2. The molecule has 2 aliphatic carbocycles. The molecule has 30 heavy (non-hydrogen) atoms. The minimum atomic E-state index is -0.658. The molecule has 3 aliphatic rings. The Morgan fingerprint density at radius 1 is 1.03 bits per heavy atom. The molecule has 0 saturated heterocycles. The van der Waals surface area contributed by atoms with Gasteiger partial charge in [-0.2, -0.15) is 5.10 Å². The first-order valence-corrected chi connectivity index (χ1v) is 10.5. The second-order valence-electron chi connectivity index (χ2n) is 8.61. The molecule has 0 spiro atoms. The fourth-order valence-electron chi connectivity index (χ4n) is 5.54. The van der Waals surface area contributed by atoms with Gasteiger partial charge < -0.3 is 4.90 Å². The molecule has 6 heteroatoms. The molecule has 1 amide bonds. The molecule has 0 N–H and O–H groups in total. The van der Waals surface area contributed by atoms with Gasteiger partial charge in [0.1, 0.15) is 11.5 Å². The van der Waals surface area contributed by atoms with Gasteiger partial charge in [-0.25, -0.2) is 13.5 Å². The predicted octanol–water partition coefficient (Wildman–Crippen LogP) is 4.71. The molecule has 3 aromatic rings. The van der Waals surface area contributed by atoms with Crippen molar-refractivity contribution in [1.82, 2.24) is 14.7 Å². The highest BCUT2D eigenvalue weighted by atomic mass is 19.1. The van der Waals surface area contributed by atoms with Crippen molar-refractivity contribution in [3.8, 4) is 5.69 Å². The number of benzene rings is 2. The lowest BCUT2D eigenvalue weighted by Gasteiger charge is -2.28. The zero-order chi connectivity index (χ0) is 20.4. The maximum Gasteiger partial charge on any atom is 0.274 e. The van der Waals surface area contributed by atoms with Crippen LogP contribution in [0.5, 0.6) is 0 Å². The van der Waals surface area contributed by atoms with Crippen molar-refractivity contribution in [1.29, 1.82) is 0 Å². The van der Waals surface area contributed by atoms with E-state index in [0.29, 0.717) is 24.7 Å². The summed E-state index contributed by atoms with van der Waals surface area (Å²) in [5.41, 5.74) is 5.03. The number of hydrogen-bond donors (Lipinski definition) is 0. The quantitative estimate of drug-likeness (QED) is 0.619. The molecule has 4 nitrogen and oxygen atoms in total. The highest BCUT2D eigenvalue weighted by molar-refractivity contribution is 5.95. The second kappa shape index (κ2) is 6.49. The van der Waals surface area contributed by atoms with Crippen LogP contribution in [0.2, 0.25) is 0 Å². The Labute approximate surface area is 173 Å². The fourth-order valence-corrected chi connectivity index (χ4v) is 5.54. The van der Waals surface area contributed by atoms with E-state index in [2.05, 4.69) is 17.2 Å². The fraction of sp³-hybridized carbons (Fsp3) is 0.333. The number of fused-ring (bicyclic) bond motifs is 6. The van der Waals surface area contributed by atoms with Crippen molar-refractivity contribution in [3.05, 3.63) is 82.2 Å². The van der Waals surface area contributed by atoms with Crippen molar-refractivity contribution in [2.75, 3.05) is 6.54 Å². The summed E-state index contributed by atoms with van der Waals surface area (Å²) < 4.78 is 29.6. The van der Waals surface area contributed by atoms with Crippen LogP contribution in [0, 0.1) is 11.6 Å².